The largest absolute Gasteiger partial charge is 0.416 e. The Morgan fingerprint density at radius 3 is 2.43 bits per heavy atom. The third-order valence-corrected chi connectivity index (χ3v) is 3.84. The van der Waals surface area contributed by atoms with Crippen LogP contribution in [0, 0.1) is 0 Å². The minimum atomic E-state index is -4.51. The fraction of sp³-hybridized carbons (Fsp3) is 0.500. The van der Waals surface area contributed by atoms with Crippen LogP contribution in [-0.2, 0) is 11.0 Å². The van der Waals surface area contributed by atoms with Crippen molar-refractivity contribution < 1.29 is 22.8 Å². The van der Waals surface area contributed by atoms with E-state index in [9.17, 15) is 22.8 Å². The molecule has 1 fully saturated rings. The molecule has 0 spiro atoms. The van der Waals surface area contributed by atoms with Gasteiger partial charge in [0.15, 0.2) is 0 Å². The van der Waals surface area contributed by atoms with Gasteiger partial charge in [-0.05, 0) is 44.4 Å². The van der Waals surface area contributed by atoms with Gasteiger partial charge in [-0.2, -0.15) is 13.2 Å². The smallest absolute Gasteiger partial charge is 0.341 e. The average molecular weight is 328 g/mol. The predicted molar refractivity (Wildman–Crippen MR) is 78.8 cm³/mol. The summed E-state index contributed by atoms with van der Waals surface area (Å²) in [5.41, 5.74) is -1.00. The molecule has 126 valence electrons. The minimum Gasteiger partial charge on any atom is -0.341 e. The van der Waals surface area contributed by atoms with Gasteiger partial charge in [-0.15, -0.1) is 0 Å². The van der Waals surface area contributed by atoms with Crippen molar-refractivity contribution in [3.63, 3.8) is 0 Å². The van der Waals surface area contributed by atoms with Crippen molar-refractivity contribution in [1.82, 2.24) is 10.2 Å². The maximum Gasteiger partial charge on any atom is 0.416 e. The van der Waals surface area contributed by atoms with Crippen molar-refractivity contribution in [2.75, 3.05) is 13.1 Å². The zero-order valence-electron chi connectivity index (χ0n) is 12.8. The Kier molecular flexibility index (Phi) is 5.28. The quantitative estimate of drug-likeness (QED) is 0.927. The summed E-state index contributed by atoms with van der Waals surface area (Å²) in [6.07, 6.45) is -1.57. The molecule has 0 bridgehead atoms. The Hall–Kier alpha value is -2.05. The Morgan fingerprint density at radius 2 is 1.83 bits per heavy atom. The number of benzene rings is 1. The second-order valence-corrected chi connectivity index (χ2v) is 5.66. The van der Waals surface area contributed by atoms with Gasteiger partial charge < -0.3 is 10.2 Å². The van der Waals surface area contributed by atoms with Crippen LogP contribution >= 0.6 is 0 Å². The molecule has 0 radical (unpaired) electrons. The molecule has 0 saturated carbocycles. The molecule has 2 rings (SSSR count). The summed E-state index contributed by atoms with van der Waals surface area (Å²) in [6, 6.07) is 3.39. The Balaban J connectivity index is 2.02. The first-order valence-electron chi connectivity index (χ1n) is 7.56. The number of hydrogen-bond donors (Lipinski definition) is 1. The number of hydrogen-bond acceptors (Lipinski definition) is 2. The molecule has 23 heavy (non-hydrogen) atoms. The van der Waals surface area contributed by atoms with E-state index in [-0.39, 0.29) is 11.5 Å². The van der Waals surface area contributed by atoms with Crippen molar-refractivity contribution in [3.05, 3.63) is 35.4 Å². The van der Waals surface area contributed by atoms with Crippen molar-refractivity contribution >= 4 is 11.8 Å². The van der Waals surface area contributed by atoms with Crippen molar-refractivity contribution in [1.29, 1.82) is 0 Å². The van der Waals surface area contributed by atoms with Crippen LogP contribution in [0.1, 0.15) is 42.1 Å². The molecule has 0 aromatic heterocycles. The van der Waals surface area contributed by atoms with Crippen LogP contribution < -0.4 is 5.32 Å². The molecule has 0 unspecified atom stereocenters. The molecule has 1 N–H and O–H groups in total. The first kappa shape index (κ1) is 17.3. The van der Waals surface area contributed by atoms with E-state index >= 15 is 0 Å². The molecule has 1 aromatic carbocycles. The fourth-order valence-electron chi connectivity index (χ4n) is 2.57. The summed E-state index contributed by atoms with van der Waals surface area (Å²) >= 11 is 0. The van der Waals surface area contributed by atoms with E-state index in [0.29, 0.717) is 13.1 Å². The van der Waals surface area contributed by atoms with Gasteiger partial charge in [0.1, 0.15) is 6.04 Å². The van der Waals surface area contributed by atoms with E-state index in [4.69, 9.17) is 0 Å². The lowest BCUT2D eigenvalue weighted by atomic mass is 10.1. The molecule has 7 heteroatoms. The molecular weight excluding hydrogens is 309 g/mol. The molecule has 1 aliphatic rings. The van der Waals surface area contributed by atoms with Crippen molar-refractivity contribution in [2.24, 2.45) is 0 Å². The summed E-state index contributed by atoms with van der Waals surface area (Å²) < 4.78 is 38.0. The van der Waals surface area contributed by atoms with Gasteiger partial charge in [0.25, 0.3) is 5.91 Å². The molecule has 1 aliphatic heterocycles. The summed E-state index contributed by atoms with van der Waals surface area (Å²) in [7, 11) is 0. The van der Waals surface area contributed by atoms with Crippen LogP contribution in [0.15, 0.2) is 24.3 Å². The fourth-order valence-corrected chi connectivity index (χ4v) is 2.57. The number of halogens is 3. The average Bonchev–Trinajstić information content (AvgIpc) is 2.54. The topological polar surface area (TPSA) is 49.4 Å². The zero-order valence-corrected chi connectivity index (χ0v) is 12.8. The number of nitrogens with zero attached hydrogens (tertiary/aromatic N) is 1. The maximum atomic E-state index is 12.7. The second-order valence-electron chi connectivity index (χ2n) is 5.66. The summed E-state index contributed by atoms with van der Waals surface area (Å²) in [5.74, 6) is -0.890. The third-order valence-electron chi connectivity index (χ3n) is 3.84. The van der Waals surface area contributed by atoms with E-state index in [2.05, 4.69) is 5.32 Å². The second kappa shape index (κ2) is 7.02. The number of nitrogens with one attached hydrogen (secondary N) is 1. The van der Waals surface area contributed by atoms with Crippen LogP contribution in [0.2, 0.25) is 0 Å². The van der Waals surface area contributed by atoms with Gasteiger partial charge in [0.05, 0.1) is 5.56 Å². The Morgan fingerprint density at radius 1 is 1.17 bits per heavy atom. The molecule has 1 aromatic rings. The predicted octanol–water partition coefficient (Wildman–Crippen LogP) is 2.84. The van der Waals surface area contributed by atoms with Gasteiger partial charge in [-0.25, -0.2) is 0 Å². The lowest BCUT2D eigenvalue weighted by molar-refractivity contribution is -0.137. The Labute approximate surface area is 132 Å². The van der Waals surface area contributed by atoms with Crippen LogP contribution in [-0.4, -0.2) is 35.8 Å². The van der Waals surface area contributed by atoms with Crippen LogP contribution in [0.3, 0.4) is 0 Å². The van der Waals surface area contributed by atoms with E-state index in [1.165, 1.54) is 12.1 Å². The number of amides is 2. The molecule has 1 atom stereocenters. The molecule has 1 saturated heterocycles. The number of carbonyl (C=O) groups is 2. The number of rotatable bonds is 3. The monoisotopic (exact) mass is 328 g/mol. The van der Waals surface area contributed by atoms with Gasteiger partial charge in [0.2, 0.25) is 5.91 Å². The summed E-state index contributed by atoms with van der Waals surface area (Å²) in [6.45, 7) is 2.85. The zero-order chi connectivity index (χ0) is 17.0. The highest BCUT2D eigenvalue weighted by Crippen LogP contribution is 2.29. The van der Waals surface area contributed by atoms with Gasteiger partial charge in [-0.3, -0.25) is 9.59 Å². The highest BCUT2D eigenvalue weighted by molar-refractivity contribution is 5.97. The molecule has 0 aliphatic carbocycles. The molecule has 2 amide bonds. The van der Waals surface area contributed by atoms with Crippen LogP contribution in [0.5, 0.6) is 0 Å². The number of likely N-dealkylation sites (tertiary alicyclic amines) is 1. The maximum absolute atomic E-state index is 12.7. The summed E-state index contributed by atoms with van der Waals surface area (Å²) in [5, 5.41) is 2.47. The van der Waals surface area contributed by atoms with Crippen LogP contribution in [0.4, 0.5) is 13.2 Å². The van der Waals surface area contributed by atoms with E-state index in [1.807, 2.05) is 0 Å². The van der Waals surface area contributed by atoms with Gasteiger partial charge in [-0.1, -0.05) is 6.07 Å². The minimum absolute atomic E-state index is 0.113. The Bertz CT molecular complexity index is 581. The van der Waals surface area contributed by atoms with Crippen LogP contribution in [0.25, 0.3) is 0 Å². The first-order chi connectivity index (χ1) is 10.8. The number of alkyl halides is 3. The highest BCUT2D eigenvalue weighted by atomic mass is 19.4. The molecular formula is C16H19F3N2O2. The molecule has 1 heterocycles. The highest BCUT2D eigenvalue weighted by Gasteiger charge is 2.31. The van der Waals surface area contributed by atoms with Gasteiger partial charge >= 0.3 is 6.18 Å². The number of carbonyl (C=O) groups excluding carboxylic acids is 2. The first-order valence-corrected chi connectivity index (χ1v) is 7.56. The SMILES string of the molecule is C[C@@H](NC(=O)c1cccc(C(F)(F)F)c1)C(=O)N1CCCCC1. The standard InChI is InChI=1S/C16H19F3N2O2/c1-11(15(23)21-8-3-2-4-9-21)20-14(22)12-6-5-7-13(10-12)16(17,18)19/h5-7,10-11H,2-4,8-9H2,1H3,(H,20,22)/t11-/m1/s1. The van der Waals surface area contributed by atoms with E-state index < -0.39 is 23.7 Å². The van der Waals surface area contributed by atoms with E-state index in [1.54, 1.807) is 11.8 Å². The summed E-state index contributed by atoms with van der Waals surface area (Å²) in [4.78, 5) is 26.0. The number of piperidine rings is 1. The lowest BCUT2D eigenvalue weighted by Crippen LogP contribution is -2.48. The van der Waals surface area contributed by atoms with Crippen molar-refractivity contribution in [2.45, 2.75) is 38.4 Å². The lowest BCUT2D eigenvalue weighted by Gasteiger charge is -2.29. The van der Waals surface area contributed by atoms with Gasteiger partial charge in [0, 0.05) is 18.7 Å². The third kappa shape index (κ3) is 4.46. The van der Waals surface area contributed by atoms with E-state index in [0.717, 1.165) is 31.4 Å². The normalized spacial score (nSPS) is 16.8. The molecule has 4 nitrogen and oxygen atoms in total. The van der Waals surface area contributed by atoms with Crippen molar-refractivity contribution in [3.8, 4) is 0 Å².